The molecule has 2 saturated heterocycles. The molecule has 3 heterocycles. The smallest absolute Gasteiger partial charge is 0.410 e. The molecular weight excluding hydrogens is 374 g/mol. The second-order valence-corrected chi connectivity index (χ2v) is 7.55. The van der Waals surface area contributed by atoms with Crippen molar-refractivity contribution in [3.63, 3.8) is 0 Å². The van der Waals surface area contributed by atoms with Gasteiger partial charge in [-0.3, -0.25) is 4.79 Å². The number of likely N-dealkylation sites (tertiary alicyclic amines) is 2. The van der Waals surface area contributed by atoms with Crippen molar-refractivity contribution >= 4 is 23.5 Å². The fraction of sp³-hybridized carbons (Fsp3) is 0.350. The maximum Gasteiger partial charge on any atom is 0.410 e. The van der Waals surface area contributed by atoms with E-state index < -0.39 is 0 Å². The molecule has 2 fully saturated rings. The number of hydrogen-bond acceptors (Lipinski definition) is 7. The Bertz CT molecular complexity index is 919. The Labute approximate surface area is 167 Å². The minimum atomic E-state index is -0.360. The van der Waals surface area contributed by atoms with Gasteiger partial charge in [-0.2, -0.15) is 0 Å². The highest BCUT2D eigenvalue weighted by atomic mass is 16.6. The summed E-state index contributed by atoms with van der Waals surface area (Å²) in [6, 6.07) is 8.08. The standard InChI is InChI=1S/C20H23N5O4/c21-17-5-13(6-23-18(17)22)19(27)24-7-14-9-25(10-15(14)8-24)20(28)29-11-12-1-3-16(26)4-2-12/h1-6,14-15,26H,7-11,21H2,(H2,22,23). The van der Waals surface area contributed by atoms with E-state index in [4.69, 9.17) is 16.2 Å². The van der Waals surface area contributed by atoms with Crippen molar-refractivity contribution in [2.24, 2.45) is 11.8 Å². The number of rotatable bonds is 3. The minimum Gasteiger partial charge on any atom is -0.508 e. The summed E-state index contributed by atoms with van der Waals surface area (Å²) in [5.41, 5.74) is 12.9. The molecule has 2 unspecified atom stereocenters. The number of fused-ring (bicyclic) bond motifs is 1. The molecule has 2 aromatic rings. The fourth-order valence-electron chi connectivity index (χ4n) is 3.93. The number of aromatic nitrogens is 1. The van der Waals surface area contributed by atoms with Crippen molar-refractivity contribution in [1.82, 2.24) is 14.8 Å². The Kier molecular flexibility index (Phi) is 4.87. The van der Waals surface area contributed by atoms with Gasteiger partial charge in [-0.05, 0) is 23.8 Å². The van der Waals surface area contributed by atoms with E-state index in [9.17, 15) is 14.7 Å². The van der Waals surface area contributed by atoms with Crippen molar-refractivity contribution in [3.8, 4) is 5.75 Å². The average Bonchev–Trinajstić information content (AvgIpc) is 3.28. The third-order valence-corrected chi connectivity index (χ3v) is 5.53. The van der Waals surface area contributed by atoms with E-state index in [1.54, 1.807) is 40.1 Å². The molecule has 0 aliphatic carbocycles. The molecule has 0 spiro atoms. The van der Waals surface area contributed by atoms with Crippen LogP contribution in [0.3, 0.4) is 0 Å². The van der Waals surface area contributed by atoms with Gasteiger partial charge in [0, 0.05) is 44.2 Å². The van der Waals surface area contributed by atoms with Gasteiger partial charge in [0.2, 0.25) is 0 Å². The second kappa shape index (κ2) is 7.50. The lowest BCUT2D eigenvalue weighted by atomic mass is 10.0. The molecule has 2 aliphatic heterocycles. The van der Waals surface area contributed by atoms with Gasteiger partial charge in [-0.15, -0.1) is 0 Å². The van der Waals surface area contributed by atoms with Crippen LogP contribution in [0, 0.1) is 11.8 Å². The normalized spacial score (nSPS) is 20.6. The van der Waals surface area contributed by atoms with Gasteiger partial charge >= 0.3 is 6.09 Å². The first-order chi connectivity index (χ1) is 13.9. The first-order valence-corrected chi connectivity index (χ1v) is 9.40. The van der Waals surface area contributed by atoms with Crippen LogP contribution in [0.25, 0.3) is 0 Å². The highest BCUT2D eigenvalue weighted by molar-refractivity contribution is 5.95. The zero-order chi connectivity index (χ0) is 20.5. The lowest BCUT2D eigenvalue weighted by molar-refractivity contribution is 0.0764. The van der Waals surface area contributed by atoms with E-state index in [-0.39, 0.29) is 47.7 Å². The monoisotopic (exact) mass is 397 g/mol. The molecule has 152 valence electrons. The molecule has 0 saturated carbocycles. The van der Waals surface area contributed by atoms with Crippen molar-refractivity contribution in [1.29, 1.82) is 0 Å². The molecular formula is C20H23N5O4. The fourth-order valence-corrected chi connectivity index (χ4v) is 3.93. The van der Waals surface area contributed by atoms with Gasteiger partial charge in [0.05, 0.1) is 11.3 Å². The third kappa shape index (κ3) is 3.89. The van der Waals surface area contributed by atoms with Crippen LogP contribution in [0.1, 0.15) is 15.9 Å². The van der Waals surface area contributed by atoms with Crippen LogP contribution in [0.15, 0.2) is 36.5 Å². The van der Waals surface area contributed by atoms with E-state index in [1.165, 1.54) is 6.20 Å². The van der Waals surface area contributed by atoms with Crippen molar-refractivity contribution in [2.75, 3.05) is 37.6 Å². The lowest BCUT2D eigenvalue weighted by Gasteiger charge is -2.21. The van der Waals surface area contributed by atoms with Gasteiger partial charge < -0.3 is 31.1 Å². The number of pyridine rings is 1. The topological polar surface area (TPSA) is 135 Å². The minimum absolute atomic E-state index is 0.125. The first-order valence-electron chi connectivity index (χ1n) is 9.40. The Hall–Kier alpha value is -3.49. The number of nitrogens with zero attached hydrogens (tertiary/aromatic N) is 3. The summed E-state index contributed by atoms with van der Waals surface area (Å²) < 4.78 is 5.38. The van der Waals surface area contributed by atoms with Crippen molar-refractivity contribution in [2.45, 2.75) is 6.61 Å². The molecule has 5 N–H and O–H groups in total. The number of nitrogen functional groups attached to an aromatic ring is 2. The Morgan fingerprint density at radius 1 is 1.07 bits per heavy atom. The van der Waals surface area contributed by atoms with Crippen LogP contribution in [-0.4, -0.2) is 58.1 Å². The largest absolute Gasteiger partial charge is 0.508 e. The molecule has 9 heteroatoms. The maximum absolute atomic E-state index is 12.7. The molecule has 1 aromatic carbocycles. The zero-order valence-electron chi connectivity index (χ0n) is 15.8. The average molecular weight is 397 g/mol. The number of carbonyl (C=O) groups excluding carboxylic acids is 2. The number of amides is 2. The van der Waals surface area contributed by atoms with Gasteiger partial charge in [-0.1, -0.05) is 12.1 Å². The number of nitrogens with two attached hydrogens (primary N) is 2. The van der Waals surface area contributed by atoms with Crippen LogP contribution in [-0.2, 0) is 11.3 Å². The van der Waals surface area contributed by atoms with Gasteiger partial charge in [-0.25, -0.2) is 9.78 Å². The summed E-state index contributed by atoms with van der Waals surface area (Å²) >= 11 is 0. The number of ether oxygens (including phenoxy) is 1. The number of hydrogen-bond donors (Lipinski definition) is 3. The number of carbonyl (C=O) groups is 2. The summed E-state index contributed by atoms with van der Waals surface area (Å²) in [6.45, 7) is 2.43. The summed E-state index contributed by atoms with van der Waals surface area (Å²) in [7, 11) is 0. The molecule has 2 atom stereocenters. The van der Waals surface area contributed by atoms with Crippen LogP contribution in [0.5, 0.6) is 5.75 Å². The number of anilines is 2. The van der Waals surface area contributed by atoms with Gasteiger partial charge in [0.15, 0.2) is 0 Å². The van der Waals surface area contributed by atoms with Crippen LogP contribution < -0.4 is 11.5 Å². The molecule has 0 radical (unpaired) electrons. The number of phenolic OH excluding ortho intramolecular Hbond substituents is 1. The van der Waals surface area contributed by atoms with Gasteiger partial charge in [0.1, 0.15) is 18.2 Å². The van der Waals surface area contributed by atoms with Gasteiger partial charge in [0.25, 0.3) is 5.91 Å². The SMILES string of the molecule is Nc1cc(C(=O)N2CC3CN(C(=O)OCc4ccc(O)cc4)CC3C2)cnc1N. The van der Waals surface area contributed by atoms with Crippen LogP contribution in [0.2, 0.25) is 0 Å². The van der Waals surface area contributed by atoms with Crippen molar-refractivity contribution in [3.05, 3.63) is 47.7 Å². The molecule has 9 nitrogen and oxygen atoms in total. The number of phenols is 1. The molecule has 2 amide bonds. The number of aromatic hydroxyl groups is 1. The predicted molar refractivity (Wildman–Crippen MR) is 106 cm³/mol. The second-order valence-electron chi connectivity index (χ2n) is 7.55. The highest BCUT2D eigenvalue weighted by Gasteiger charge is 2.43. The number of benzene rings is 1. The van der Waals surface area contributed by atoms with Crippen molar-refractivity contribution < 1.29 is 19.4 Å². The molecule has 4 rings (SSSR count). The van der Waals surface area contributed by atoms with Crippen LogP contribution >= 0.6 is 0 Å². The quantitative estimate of drug-likeness (QED) is 0.710. The van der Waals surface area contributed by atoms with E-state index in [0.29, 0.717) is 31.7 Å². The lowest BCUT2D eigenvalue weighted by Crippen LogP contribution is -2.36. The highest BCUT2D eigenvalue weighted by Crippen LogP contribution is 2.32. The predicted octanol–water partition coefficient (Wildman–Crippen LogP) is 1.29. The summed E-state index contributed by atoms with van der Waals surface area (Å²) in [5.74, 6) is 0.698. The molecule has 2 aliphatic rings. The summed E-state index contributed by atoms with van der Waals surface area (Å²) in [6.07, 6.45) is 1.08. The summed E-state index contributed by atoms with van der Waals surface area (Å²) in [4.78, 5) is 32.5. The van der Waals surface area contributed by atoms with E-state index >= 15 is 0 Å². The van der Waals surface area contributed by atoms with E-state index in [0.717, 1.165) is 5.56 Å². The summed E-state index contributed by atoms with van der Waals surface area (Å²) in [5, 5.41) is 9.30. The molecule has 0 bridgehead atoms. The Morgan fingerprint density at radius 2 is 1.69 bits per heavy atom. The van der Waals surface area contributed by atoms with E-state index in [2.05, 4.69) is 4.98 Å². The Morgan fingerprint density at radius 3 is 2.31 bits per heavy atom. The van der Waals surface area contributed by atoms with Crippen LogP contribution in [0.4, 0.5) is 16.3 Å². The molecule has 1 aromatic heterocycles. The Balaban J connectivity index is 1.30. The first kappa shape index (κ1) is 18.9. The third-order valence-electron chi connectivity index (χ3n) is 5.53. The molecule has 29 heavy (non-hydrogen) atoms. The zero-order valence-corrected chi connectivity index (χ0v) is 15.8. The maximum atomic E-state index is 12.7. The van der Waals surface area contributed by atoms with E-state index in [1.807, 2.05) is 0 Å².